The number of amides is 1. The highest BCUT2D eigenvalue weighted by molar-refractivity contribution is 5.97. The van der Waals surface area contributed by atoms with Gasteiger partial charge in [-0.05, 0) is 26.0 Å². The smallest absolute Gasteiger partial charge is 0.259 e. The molecule has 0 bridgehead atoms. The largest absolute Gasteiger partial charge is 0.497 e. The summed E-state index contributed by atoms with van der Waals surface area (Å²) in [4.78, 5) is 29.9. The highest BCUT2D eigenvalue weighted by Crippen LogP contribution is 2.18. The molecule has 2 heterocycles. The predicted molar refractivity (Wildman–Crippen MR) is 92.9 cm³/mol. The van der Waals surface area contributed by atoms with Gasteiger partial charge in [0.15, 0.2) is 0 Å². The summed E-state index contributed by atoms with van der Waals surface area (Å²) in [6, 6.07) is 5.07. The third-order valence-electron chi connectivity index (χ3n) is 4.24. The first-order valence-electron chi connectivity index (χ1n) is 7.79. The first-order valence-corrected chi connectivity index (χ1v) is 7.79. The maximum absolute atomic E-state index is 12.7. The number of rotatable bonds is 4. The third-order valence-corrected chi connectivity index (χ3v) is 4.24. The number of benzene rings is 1. The van der Waals surface area contributed by atoms with Crippen molar-refractivity contribution in [1.29, 1.82) is 0 Å². The van der Waals surface area contributed by atoms with E-state index in [-0.39, 0.29) is 16.9 Å². The lowest BCUT2D eigenvalue weighted by atomic mass is 10.1. The monoisotopic (exact) mass is 341 g/mol. The summed E-state index contributed by atoms with van der Waals surface area (Å²) in [5, 5.41) is 4.33. The number of hydrogen-bond acceptors (Lipinski definition) is 5. The zero-order valence-electron chi connectivity index (χ0n) is 14.5. The molecular formula is C18H19N3O4. The molecule has 3 aromatic rings. The second-order valence-corrected chi connectivity index (χ2v) is 5.91. The second kappa shape index (κ2) is 6.43. The van der Waals surface area contributed by atoms with Gasteiger partial charge in [-0.15, -0.1) is 0 Å². The summed E-state index contributed by atoms with van der Waals surface area (Å²) >= 11 is 0. The van der Waals surface area contributed by atoms with Gasteiger partial charge in [-0.3, -0.25) is 9.59 Å². The zero-order valence-corrected chi connectivity index (χ0v) is 14.5. The quantitative estimate of drug-likeness (QED) is 0.787. The molecule has 7 nitrogen and oxygen atoms in total. The number of carbonyl (C=O) groups is 1. The van der Waals surface area contributed by atoms with Crippen LogP contribution < -0.4 is 10.2 Å². The molecule has 7 heteroatoms. The summed E-state index contributed by atoms with van der Waals surface area (Å²) in [6.45, 7) is 3.93. The first-order chi connectivity index (χ1) is 11.9. The van der Waals surface area contributed by atoms with E-state index in [4.69, 9.17) is 9.26 Å². The summed E-state index contributed by atoms with van der Waals surface area (Å²) < 4.78 is 10.3. The fraction of sp³-hybridized carbons (Fsp3) is 0.278. The van der Waals surface area contributed by atoms with Gasteiger partial charge in [0, 0.05) is 30.3 Å². The lowest BCUT2D eigenvalue weighted by molar-refractivity contribution is 0.0783. The van der Waals surface area contributed by atoms with Crippen LogP contribution in [0.15, 0.2) is 33.7 Å². The number of carbonyl (C=O) groups excluding carboxylic acids is 1. The number of pyridine rings is 1. The molecule has 25 heavy (non-hydrogen) atoms. The van der Waals surface area contributed by atoms with Crippen molar-refractivity contribution < 1.29 is 14.1 Å². The Labute approximate surface area is 144 Å². The van der Waals surface area contributed by atoms with Crippen molar-refractivity contribution in [2.45, 2.75) is 20.4 Å². The molecule has 1 amide bonds. The standard InChI is InChI=1S/C18H19N3O4/c1-10-15(11(2)25-20-10)9-21(3)18(23)14-8-19-16-7-12(24-4)5-6-13(16)17(14)22/h5-8H,9H2,1-4H3,(H,19,22). The second-order valence-electron chi connectivity index (χ2n) is 5.91. The van der Waals surface area contributed by atoms with Gasteiger partial charge in [-0.2, -0.15) is 0 Å². The highest BCUT2D eigenvalue weighted by atomic mass is 16.5. The van der Waals surface area contributed by atoms with Gasteiger partial charge < -0.3 is 19.1 Å². The van der Waals surface area contributed by atoms with Gasteiger partial charge in [0.25, 0.3) is 5.91 Å². The number of H-pyrrole nitrogens is 1. The molecule has 0 spiro atoms. The number of aromatic nitrogens is 2. The van der Waals surface area contributed by atoms with Crippen molar-refractivity contribution in [3.8, 4) is 5.75 Å². The maximum Gasteiger partial charge on any atom is 0.259 e. The SMILES string of the molecule is COc1ccc2c(=O)c(C(=O)N(C)Cc3c(C)noc3C)c[nH]c2c1. The number of methoxy groups -OCH3 is 1. The Morgan fingerprint density at radius 3 is 2.76 bits per heavy atom. The number of nitrogens with one attached hydrogen (secondary N) is 1. The van der Waals surface area contributed by atoms with Gasteiger partial charge in [-0.1, -0.05) is 5.16 Å². The highest BCUT2D eigenvalue weighted by Gasteiger charge is 2.20. The Hall–Kier alpha value is -3.09. The van der Waals surface area contributed by atoms with E-state index < -0.39 is 0 Å². The lowest BCUT2D eigenvalue weighted by Crippen LogP contribution is -2.31. The molecule has 0 aliphatic heterocycles. The number of ether oxygens (including phenoxy) is 1. The lowest BCUT2D eigenvalue weighted by Gasteiger charge is -2.17. The minimum atomic E-state index is -0.362. The fourth-order valence-electron chi connectivity index (χ4n) is 2.73. The number of aromatic amines is 1. The molecule has 0 aliphatic rings. The van der Waals surface area contributed by atoms with E-state index >= 15 is 0 Å². The van der Waals surface area contributed by atoms with Crippen molar-refractivity contribution in [3.63, 3.8) is 0 Å². The van der Waals surface area contributed by atoms with E-state index in [1.54, 1.807) is 39.3 Å². The predicted octanol–water partition coefficient (Wildman–Crippen LogP) is 2.41. The zero-order chi connectivity index (χ0) is 18.1. The van der Waals surface area contributed by atoms with E-state index in [0.29, 0.717) is 29.0 Å². The van der Waals surface area contributed by atoms with Crippen LogP contribution in [0.2, 0.25) is 0 Å². The van der Waals surface area contributed by atoms with Crippen molar-refractivity contribution in [3.05, 3.63) is 57.2 Å². The number of nitrogens with zero attached hydrogens (tertiary/aromatic N) is 2. The van der Waals surface area contributed by atoms with Gasteiger partial charge in [0.05, 0.1) is 24.9 Å². The molecule has 0 radical (unpaired) electrons. The van der Waals surface area contributed by atoms with Crippen LogP contribution in [-0.2, 0) is 6.54 Å². The molecule has 1 N–H and O–H groups in total. The summed E-state index contributed by atoms with van der Waals surface area (Å²) in [6.07, 6.45) is 1.44. The van der Waals surface area contributed by atoms with Gasteiger partial charge in [0.2, 0.25) is 5.43 Å². The molecule has 0 atom stereocenters. The number of aryl methyl sites for hydroxylation is 2. The van der Waals surface area contributed by atoms with Gasteiger partial charge in [0.1, 0.15) is 17.1 Å². The van der Waals surface area contributed by atoms with E-state index in [1.165, 1.54) is 11.1 Å². The Kier molecular flexibility index (Phi) is 4.31. The molecular weight excluding hydrogens is 322 g/mol. The molecule has 0 saturated carbocycles. The topological polar surface area (TPSA) is 88.4 Å². The molecule has 0 unspecified atom stereocenters. The van der Waals surface area contributed by atoms with Crippen LogP contribution >= 0.6 is 0 Å². The van der Waals surface area contributed by atoms with Crippen LogP contribution in [0.25, 0.3) is 10.9 Å². The minimum absolute atomic E-state index is 0.0897. The number of fused-ring (bicyclic) bond motifs is 1. The minimum Gasteiger partial charge on any atom is -0.497 e. The Balaban J connectivity index is 1.94. The molecule has 0 fully saturated rings. The molecule has 130 valence electrons. The van der Waals surface area contributed by atoms with E-state index in [2.05, 4.69) is 10.1 Å². The average Bonchev–Trinajstić information content (AvgIpc) is 2.93. The summed E-state index contributed by atoms with van der Waals surface area (Å²) in [7, 11) is 3.20. The van der Waals surface area contributed by atoms with Crippen molar-refractivity contribution >= 4 is 16.8 Å². The van der Waals surface area contributed by atoms with Crippen molar-refractivity contribution in [2.75, 3.05) is 14.2 Å². The summed E-state index contributed by atoms with van der Waals surface area (Å²) in [5.41, 5.74) is 1.97. The third kappa shape index (κ3) is 3.00. The van der Waals surface area contributed by atoms with Crippen LogP contribution in [-0.4, -0.2) is 35.1 Å². The van der Waals surface area contributed by atoms with Gasteiger partial charge in [-0.25, -0.2) is 0 Å². The molecule has 3 rings (SSSR count). The number of hydrogen-bond donors (Lipinski definition) is 1. The van der Waals surface area contributed by atoms with E-state index in [1.807, 2.05) is 6.92 Å². The molecule has 0 saturated heterocycles. The fourth-order valence-corrected chi connectivity index (χ4v) is 2.73. The van der Waals surface area contributed by atoms with Crippen LogP contribution in [0.5, 0.6) is 5.75 Å². The van der Waals surface area contributed by atoms with Crippen molar-refractivity contribution in [2.24, 2.45) is 0 Å². The van der Waals surface area contributed by atoms with Gasteiger partial charge >= 0.3 is 0 Å². The molecule has 2 aromatic heterocycles. The van der Waals surface area contributed by atoms with Crippen molar-refractivity contribution in [1.82, 2.24) is 15.0 Å². The first kappa shape index (κ1) is 16.8. The van der Waals surface area contributed by atoms with Crippen LogP contribution in [0.4, 0.5) is 0 Å². The Morgan fingerprint density at radius 2 is 2.12 bits per heavy atom. The van der Waals surface area contributed by atoms with E-state index in [0.717, 1.165) is 11.3 Å². The Bertz CT molecular complexity index is 984. The Morgan fingerprint density at radius 1 is 1.36 bits per heavy atom. The molecule has 0 aliphatic carbocycles. The van der Waals surface area contributed by atoms with E-state index in [9.17, 15) is 9.59 Å². The summed E-state index contributed by atoms with van der Waals surface area (Å²) in [5.74, 6) is 0.938. The normalized spacial score (nSPS) is 10.9. The maximum atomic E-state index is 12.7. The molecule has 1 aromatic carbocycles. The van der Waals surface area contributed by atoms with Crippen LogP contribution in [0.1, 0.15) is 27.4 Å². The van der Waals surface area contributed by atoms with Crippen LogP contribution in [0, 0.1) is 13.8 Å². The average molecular weight is 341 g/mol. The van der Waals surface area contributed by atoms with Crippen LogP contribution in [0.3, 0.4) is 0 Å².